The second kappa shape index (κ2) is 4.42. The van der Waals surface area contributed by atoms with Crippen LogP contribution < -0.4 is 0 Å². The summed E-state index contributed by atoms with van der Waals surface area (Å²) in [5, 5.41) is 0. The smallest absolute Gasteiger partial charge is 0.207 e. The summed E-state index contributed by atoms with van der Waals surface area (Å²) >= 11 is 0. The average molecular weight is 253 g/mol. The van der Waals surface area contributed by atoms with Gasteiger partial charge < -0.3 is 0 Å². The van der Waals surface area contributed by atoms with E-state index in [4.69, 9.17) is 0 Å². The number of benzene rings is 1. The van der Waals surface area contributed by atoms with E-state index in [0.717, 1.165) is 12.0 Å². The van der Waals surface area contributed by atoms with Crippen molar-refractivity contribution < 1.29 is 8.42 Å². The first-order chi connectivity index (χ1) is 7.96. The Morgan fingerprint density at radius 1 is 1.35 bits per heavy atom. The summed E-state index contributed by atoms with van der Waals surface area (Å²) in [5.74, 6) is 0.440. The van der Waals surface area contributed by atoms with Crippen LogP contribution in [0.25, 0.3) is 0 Å². The van der Waals surface area contributed by atoms with Crippen molar-refractivity contribution in [3.05, 3.63) is 29.8 Å². The molecule has 0 aromatic heterocycles. The molecule has 3 atom stereocenters. The Morgan fingerprint density at radius 3 is 2.47 bits per heavy atom. The minimum Gasteiger partial charge on any atom is -0.207 e. The molecule has 3 nitrogen and oxygen atoms in total. The molecule has 94 valence electrons. The van der Waals surface area contributed by atoms with Gasteiger partial charge in [-0.25, -0.2) is 8.42 Å². The van der Waals surface area contributed by atoms with Gasteiger partial charge in [0.05, 0.1) is 4.90 Å². The molecule has 0 saturated carbocycles. The molecule has 0 bridgehead atoms. The zero-order valence-corrected chi connectivity index (χ0v) is 11.4. The quantitative estimate of drug-likeness (QED) is 0.773. The fourth-order valence-electron chi connectivity index (χ4n) is 2.00. The third-order valence-corrected chi connectivity index (χ3v) is 5.44. The van der Waals surface area contributed by atoms with Crippen LogP contribution in [0, 0.1) is 12.8 Å². The van der Waals surface area contributed by atoms with Crippen LogP contribution in [-0.4, -0.2) is 25.3 Å². The number of aryl methyl sites for hydroxylation is 1. The first-order valence-electron chi connectivity index (χ1n) is 6.05. The highest BCUT2D eigenvalue weighted by atomic mass is 32.2. The van der Waals surface area contributed by atoms with Crippen LogP contribution in [0.1, 0.15) is 25.8 Å². The maximum absolute atomic E-state index is 12.3. The molecule has 1 aromatic rings. The summed E-state index contributed by atoms with van der Waals surface area (Å²) < 4.78 is 26.1. The van der Waals surface area contributed by atoms with Crippen LogP contribution in [0.5, 0.6) is 0 Å². The maximum atomic E-state index is 12.3. The number of hydrogen-bond donors (Lipinski definition) is 0. The van der Waals surface area contributed by atoms with Crippen molar-refractivity contribution in [1.29, 1.82) is 0 Å². The lowest BCUT2D eigenvalue weighted by atomic mass is 10.1. The van der Waals surface area contributed by atoms with Crippen LogP contribution in [0.4, 0.5) is 0 Å². The molecule has 0 amide bonds. The summed E-state index contributed by atoms with van der Waals surface area (Å²) in [4.78, 5) is 0.411. The molecular formula is C13H19NO2S. The molecule has 0 aliphatic carbocycles. The molecule has 1 aliphatic heterocycles. The highest BCUT2D eigenvalue weighted by Gasteiger charge is 2.46. The Kier molecular flexibility index (Phi) is 3.27. The van der Waals surface area contributed by atoms with E-state index in [-0.39, 0.29) is 6.04 Å². The molecule has 1 aromatic carbocycles. The highest BCUT2D eigenvalue weighted by molar-refractivity contribution is 7.89. The van der Waals surface area contributed by atoms with Crippen molar-refractivity contribution in [1.82, 2.24) is 4.31 Å². The van der Waals surface area contributed by atoms with Gasteiger partial charge in [-0.1, -0.05) is 38.0 Å². The van der Waals surface area contributed by atoms with Gasteiger partial charge in [0, 0.05) is 12.6 Å². The van der Waals surface area contributed by atoms with Crippen molar-refractivity contribution >= 4 is 10.0 Å². The van der Waals surface area contributed by atoms with E-state index >= 15 is 0 Å². The Hall–Kier alpha value is -0.870. The van der Waals surface area contributed by atoms with Crippen molar-refractivity contribution in [3.63, 3.8) is 0 Å². The number of nitrogens with zero attached hydrogens (tertiary/aromatic N) is 1. The second-order valence-electron chi connectivity index (χ2n) is 4.84. The number of sulfonamides is 1. The van der Waals surface area contributed by atoms with Gasteiger partial charge in [0.15, 0.2) is 0 Å². The van der Waals surface area contributed by atoms with Crippen molar-refractivity contribution in [2.75, 3.05) is 6.54 Å². The van der Waals surface area contributed by atoms with Gasteiger partial charge in [-0.15, -0.1) is 0 Å². The van der Waals surface area contributed by atoms with Gasteiger partial charge in [-0.05, 0) is 25.0 Å². The first-order valence-corrected chi connectivity index (χ1v) is 7.49. The van der Waals surface area contributed by atoms with Crippen molar-refractivity contribution in [2.45, 2.75) is 38.1 Å². The van der Waals surface area contributed by atoms with E-state index in [9.17, 15) is 8.42 Å². The normalized spacial score (nSPS) is 25.6. The van der Waals surface area contributed by atoms with Gasteiger partial charge in [0.25, 0.3) is 0 Å². The van der Waals surface area contributed by atoms with Gasteiger partial charge in [-0.2, -0.15) is 4.31 Å². The highest BCUT2D eigenvalue weighted by Crippen LogP contribution is 2.34. The zero-order valence-electron chi connectivity index (χ0n) is 10.6. The lowest BCUT2D eigenvalue weighted by Crippen LogP contribution is -2.17. The van der Waals surface area contributed by atoms with E-state index in [1.165, 1.54) is 0 Å². The Balaban J connectivity index is 2.19. The fraction of sp³-hybridized carbons (Fsp3) is 0.538. The summed E-state index contributed by atoms with van der Waals surface area (Å²) in [6, 6.07) is 7.27. The Bertz CT molecular complexity index is 493. The molecule has 1 saturated heterocycles. The lowest BCUT2D eigenvalue weighted by Gasteiger charge is -2.10. The molecule has 0 N–H and O–H groups in total. The lowest BCUT2D eigenvalue weighted by molar-refractivity contribution is 0.485. The van der Waals surface area contributed by atoms with E-state index in [1.54, 1.807) is 16.4 Å². The molecule has 1 fully saturated rings. The number of hydrogen-bond acceptors (Lipinski definition) is 2. The van der Waals surface area contributed by atoms with Gasteiger partial charge >= 0.3 is 0 Å². The zero-order chi connectivity index (χ0) is 12.6. The van der Waals surface area contributed by atoms with Gasteiger partial charge in [0.1, 0.15) is 0 Å². The van der Waals surface area contributed by atoms with Crippen LogP contribution in [-0.2, 0) is 10.0 Å². The average Bonchev–Trinajstić information content (AvgIpc) is 3.09. The van der Waals surface area contributed by atoms with E-state index in [2.05, 4.69) is 13.8 Å². The van der Waals surface area contributed by atoms with Crippen molar-refractivity contribution in [3.8, 4) is 0 Å². The van der Waals surface area contributed by atoms with E-state index in [1.807, 2.05) is 19.1 Å². The molecule has 0 spiro atoms. The standard InChI is InChI=1S/C13H19NO2S/c1-4-11(3)13-9-14(13)17(15,16)12-7-5-10(2)6-8-12/h5-8,11,13H,4,9H2,1-3H3/t11-,13-,14?/m0/s1. The summed E-state index contributed by atoms with van der Waals surface area (Å²) in [5.41, 5.74) is 1.08. The van der Waals surface area contributed by atoms with Crippen LogP contribution in [0.2, 0.25) is 0 Å². The first kappa shape index (κ1) is 12.6. The predicted octanol–water partition coefficient (Wildman–Crippen LogP) is 2.41. The van der Waals surface area contributed by atoms with E-state index in [0.29, 0.717) is 17.4 Å². The molecule has 1 aliphatic rings. The van der Waals surface area contributed by atoms with Crippen LogP contribution in [0.3, 0.4) is 0 Å². The maximum Gasteiger partial charge on any atom is 0.243 e. The second-order valence-corrected chi connectivity index (χ2v) is 6.73. The number of rotatable bonds is 4. The Labute approximate surface area is 104 Å². The summed E-state index contributed by atoms with van der Waals surface area (Å²) in [6.45, 7) is 6.83. The van der Waals surface area contributed by atoms with Gasteiger partial charge in [0.2, 0.25) is 10.0 Å². The third kappa shape index (κ3) is 2.38. The predicted molar refractivity (Wildman–Crippen MR) is 68.3 cm³/mol. The van der Waals surface area contributed by atoms with Gasteiger partial charge in [-0.3, -0.25) is 0 Å². The van der Waals surface area contributed by atoms with Crippen molar-refractivity contribution in [2.24, 2.45) is 5.92 Å². The fourth-order valence-corrected chi connectivity index (χ4v) is 3.66. The topological polar surface area (TPSA) is 37.1 Å². The van der Waals surface area contributed by atoms with Crippen LogP contribution in [0.15, 0.2) is 29.2 Å². The largest absolute Gasteiger partial charge is 0.243 e. The van der Waals surface area contributed by atoms with E-state index < -0.39 is 10.0 Å². The molecule has 1 heterocycles. The molecule has 4 heteroatoms. The molecule has 2 rings (SSSR count). The third-order valence-electron chi connectivity index (χ3n) is 3.53. The molecule has 0 radical (unpaired) electrons. The summed E-state index contributed by atoms with van der Waals surface area (Å²) in [6.07, 6.45) is 1.02. The monoisotopic (exact) mass is 253 g/mol. The van der Waals surface area contributed by atoms with Crippen LogP contribution >= 0.6 is 0 Å². The molecular weight excluding hydrogens is 234 g/mol. The summed E-state index contributed by atoms with van der Waals surface area (Å²) in [7, 11) is -3.25. The minimum atomic E-state index is -3.25. The minimum absolute atomic E-state index is 0.200. The SMILES string of the molecule is CC[C@H](C)[C@@H]1CN1S(=O)(=O)c1ccc(C)cc1. The molecule has 1 unspecified atom stereocenters. The Morgan fingerprint density at radius 2 is 1.94 bits per heavy atom. The molecule has 17 heavy (non-hydrogen) atoms.